The molecule has 0 atom stereocenters. The number of hydrogen-bond donors (Lipinski definition) is 0. The first kappa shape index (κ1) is 23.7. The molecule has 0 N–H and O–H groups in total. The van der Waals surface area contributed by atoms with Gasteiger partial charge >= 0.3 is 0 Å². The number of allylic oxidation sites excluding steroid dienone is 2. The van der Waals surface area contributed by atoms with E-state index in [9.17, 15) is 0 Å². The molecule has 0 heterocycles. The zero-order valence-corrected chi connectivity index (χ0v) is 16.7. The second-order valence-electron chi connectivity index (χ2n) is 7.13. The van der Waals surface area contributed by atoms with Gasteiger partial charge in [-0.05, 0) is 32.6 Å². The maximum absolute atomic E-state index is 5.67. The third-order valence-electron chi connectivity index (χ3n) is 4.68. The maximum Gasteiger partial charge on any atom is 0.0466 e. The Labute approximate surface area is 153 Å². The van der Waals surface area contributed by atoms with Crippen LogP contribution in [0.25, 0.3) is 0 Å². The molecule has 24 heavy (non-hydrogen) atoms. The van der Waals surface area contributed by atoms with Crippen LogP contribution in [-0.4, -0.2) is 13.2 Å². The summed E-state index contributed by atoms with van der Waals surface area (Å²) >= 11 is 0. The predicted molar refractivity (Wildman–Crippen MR) is 109 cm³/mol. The van der Waals surface area contributed by atoms with Gasteiger partial charge in [0.25, 0.3) is 0 Å². The number of rotatable bonds is 20. The maximum atomic E-state index is 5.67. The largest absolute Gasteiger partial charge is 0.381 e. The smallest absolute Gasteiger partial charge is 0.0466 e. The molecule has 1 heteroatoms. The summed E-state index contributed by atoms with van der Waals surface area (Å²) in [6, 6.07) is 0. The summed E-state index contributed by atoms with van der Waals surface area (Å²) in [5.41, 5.74) is 0. The normalized spacial score (nSPS) is 11.6. The molecular weight excluding hydrogens is 292 g/mol. The number of ether oxygens (including phenoxy) is 1. The first-order valence-corrected chi connectivity index (χ1v) is 10.9. The fraction of sp³-hybridized carbons (Fsp3) is 0.870. The Kier molecular flexibility index (Phi) is 22.4. The molecule has 0 unspecified atom stereocenters. The van der Waals surface area contributed by atoms with E-state index in [-0.39, 0.29) is 0 Å². The van der Waals surface area contributed by atoms with Crippen LogP contribution in [-0.2, 0) is 4.74 Å². The average Bonchev–Trinajstić information content (AvgIpc) is 2.60. The lowest BCUT2D eigenvalue weighted by Crippen LogP contribution is -1.97. The van der Waals surface area contributed by atoms with Gasteiger partial charge in [-0.15, -0.1) is 0 Å². The van der Waals surface area contributed by atoms with E-state index >= 15 is 0 Å². The van der Waals surface area contributed by atoms with Gasteiger partial charge in [0.15, 0.2) is 0 Å². The van der Waals surface area contributed by atoms with E-state index in [0.717, 1.165) is 19.6 Å². The van der Waals surface area contributed by atoms with Crippen molar-refractivity contribution in [2.75, 3.05) is 13.2 Å². The molecule has 0 amide bonds. The second kappa shape index (κ2) is 22.7. The minimum atomic E-state index is 0.954. The summed E-state index contributed by atoms with van der Waals surface area (Å²) in [6.45, 7) is 7.90. The summed E-state index contributed by atoms with van der Waals surface area (Å²) in [4.78, 5) is 0. The van der Waals surface area contributed by atoms with Gasteiger partial charge in [-0.25, -0.2) is 0 Å². The van der Waals surface area contributed by atoms with Crippen molar-refractivity contribution in [3.63, 3.8) is 0 Å². The van der Waals surface area contributed by atoms with Crippen LogP contribution in [0.4, 0.5) is 0 Å². The van der Waals surface area contributed by atoms with E-state index < -0.39 is 0 Å². The summed E-state index contributed by atoms with van der Waals surface area (Å²) in [5.74, 6) is 0. The van der Waals surface area contributed by atoms with Gasteiger partial charge in [-0.1, -0.05) is 103 Å². The highest BCUT2D eigenvalue weighted by Crippen LogP contribution is 2.12. The van der Waals surface area contributed by atoms with E-state index in [2.05, 4.69) is 26.0 Å². The summed E-state index contributed by atoms with van der Waals surface area (Å²) in [6.07, 6.45) is 27.4. The average molecular weight is 338 g/mol. The molecular formula is C23H45O. The van der Waals surface area contributed by atoms with Gasteiger partial charge in [0, 0.05) is 13.2 Å². The van der Waals surface area contributed by atoms with Crippen LogP contribution in [0.2, 0.25) is 0 Å². The van der Waals surface area contributed by atoms with E-state index in [1.54, 1.807) is 0 Å². The lowest BCUT2D eigenvalue weighted by Gasteiger charge is -2.05. The lowest BCUT2D eigenvalue weighted by atomic mass is 10.0. The minimum absolute atomic E-state index is 0.954. The lowest BCUT2D eigenvalue weighted by molar-refractivity contribution is 0.126. The molecule has 0 aromatic rings. The summed E-state index contributed by atoms with van der Waals surface area (Å²) in [5, 5.41) is 0. The molecule has 143 valence electrons. The van der Waals surface area contributed by atoms with Gasteiger partial charge in [-0.2, -0.15) is 0 Å². The Bertz CT molecular complexity index is 234. The van der Waals surface area contributed by atoms with Crippen LogP contribution in [0.1, 0.15) is 116 Å². The Hall–Kier alpha value is -0.300. The third-order valence-corrected chi connectivity index (χ3v) is 4.68. The highest BCUT2D eigenvalue weighted by atomic mass is 16.5. The Morgan fingerprint density at radius 1 is 0.583 bits per heavy atom. The first-order chi connectivity index (χ1) is 11.9. The molecule has 0 bridgehead atoms. The van der Waals surface area contributed by atoms with Crippen molar-refractivity contribution in [1.29, 1.82) is 0 Å². The summed E-state index contributed by atoms with van der Waals surface area (Å²) in [7, 11) is 0. The van der Waals surface area contributed by atoms with Crippen molar-refractivity contribution in [3.8, 4) is 0 Å². The molecule has 0 aliphatic heterocycles. The van der Waals surface area contributed by atoms with E-state index in [4.69, 9.17) is 4.74 Å². The number of hydrogen-bond acceptors (Lipinski definition) is 1. The molecule has 0 aromatic carbocycles. The zero-order chi connectivity index (χ0) is 17.6. The molecule has 0 aliphatic rings. The van der Waals surface area contributed by atoms with Gasteiger partial charge < -0.3 is 4.74 Å². The highest BCUT2D eigenvalue weighted by Gasteiger charge is 1.94. The SMILES string of the molecule is [CH2]CCCCCOCCCCCCCCCCCCCCC=CC. The topological polar surface area (TPSA) is 9.23 Å². The molecule has 0 aliphatic carbocycles. The molecule has 0 rings (SSSR count). The van der Waals surface area contributed by atoms with Crippen molar-refractivity contribution in [1.82, 2.24) is 0 Å². The monoisotopic (exact) mass is 337 g/mol. The van der Waals surface area contributed by atoms with Crippen molar-refractivity contribution < 1.29 is 4.74 Å². The van der Waals surface area contributed by atoms with Crippen LogP contribution in [0.15, 0.2) is 12.2 Å². The second-order valence-corrected chi connectivity index (χ2v) is 7.13. The van der Waals surface area contributed by atoms with Crippen molar-refractivity contribution in [2.24, 2.45) is 0 Å². The molecule has 0 saturated carbocycles. The van der Waals surface area contributed by atoms with Crippen molar-refractivity contribution in [2.45, 2.75) is 116 Å². The minimum Gasteiger partial charge on any atom is -0.381 e. The van der Waals surface area contributed by atoms with Crippen molar-refractivity contribution in [3.05, 3.63) is 19.1 Å². The van der Waals surface area contributed by atoms with Crippen LogP contribution in [0.3, 0.4) is 0 Å². The molecule has 1 nitrogen and oxygen atoms in total. The first-order valence-electron chi connectivity index (χ1n) is 10.9. The third kappa shape index (κ3) is 21.7. The van der Waals surface area contributed by atoms with Gasteiger partial charge in [0.1, 0.15) is 0 Å². The van der Waals surface area contributed by atoms with E-state index in [1.807, 2.05) is 0 Å². The van der Waals surface area contributed by atoms with E-state index in [1.165, 1.54) is 103 Å². The molecule has 1 radical (unpaired) electrons. The van der Waals surface area contributed by atoms with Gasteiger partial charge in [-0.3, -0.25) is 0 Å². The predicted octanol–water partition coefficient (Wildman–Crippen LogP) is 8.04. The Morgan fingerprint density at radius 2 is 1.00 bits per heavy atom. The fourth-order valence-corrected chi connectivity index (χ4v) is 3.06. The Morgan fingerprint density at radius 3 is 1.46 bits per heavy atom. The zero-order valence-electron chi connectivity index (χ0n) is 16.7. The fourth-order valence-electron chi connectivity index (χ4n) is 3.06. The molecule has 0 fully saturated rings. The molecule has 0 aromatic heterocycles. The van der Waals surface area contributed by atoms with Crippen LogP contribution < -0.4 is 0 Å². The van der Waals surface area contributed by atoms with Crippen molar-refractivity contribution >= 4 is 0 Å². The van der Waals surface area contributed by atoms with Crippen LogP contribution >= 0.6 is 0 Å². The highest BCUT2D eigenvalue weighted by molar-refractivity contribution is 4.76. The Balaban J connectivity index is 2.95. The summed E-state index contributed by atoms with van der Waals surface area (Å²) < 4.78 is 5.67. The molecule has 0 spiro atoms. The van der Waals surface area contributed by atoms with Crippen LogP contribution in [0.5, 0.6) is 0 Å². The van der Waals surface area contributed by atoms with E-state index in [0.29, 0.717) is 0 Å². The number of unbranched alkanes of at least 4 members (excludes halogenated alkanes) is 15. The standard InChI is InChI=1S/C23H45O/c1-3-5-7-9-10-11-12-13-14-15-16-17-18-19-21-23-24-22-20-8-6-4-2/h3,5H,2,4,6-23H2,1H3. The molecule has 0 saturated heterocycles. The van der Waals surface area contributed by atoms with Crippen LogP contribution in [0, 0.1) is 6.92 Å². The van der Waals surface area contributed by atoms with Gasteiger partial charge in [0.05, 0.1) is 0 Å². The van der Waals surface area contributed by atoms with Gasteiger partial charge in [0.2, 0.25) is 0 Å². The quantitative estimate of drug-likeness (QED) is 0.161.